The molecule has 3 nitrogen and oxygen atoms in total. The summed E-state index contributed by atoms with van der Waals surface area (Å²) in [6, 6.07) is 1.57. The van der Waals surface area contributed by atoms with Crippen molar-refractivity contribution in [3.8, 4) is 0 Å². The van der Waals surface area contributed by atoms with Gasteiger partial charge in [0.05, 0.1) is 0 Å². The number of rotatable bonds is 8. The normalized spacial score (nSPS) is 17.4. The van der Waals surface area contributed by atoms with Crippen molar-refractivity contribution in [3.05, 3.63) is 0 Å². The van der Waals surface area contributed by atoms with Crippen LogP contribution in [0, 0.1) is 0 Å². The van der Waals surface area contributed by atoms with Crippen LogP contribution >= 0.6 is 0 Å². The maximum Gasteiger partial charge on any atom is 0.0112 e. The first kappa shape index (κ1) is 13.9. The Morgan fingerprint density at radius 1 is 1.12 bits per heavy atom. The lowest BCUT2D eigenvalue weighted by Gasteiger charge is -2.40. The smallest absolute Gasteiger partial charge is 0.0112 e. The van der Waals surface area contributed by atoms with Crippen LogP contribution in [0.4, 0.5) is 0 Å². The molecule has 0 spiro atoms. The van der Waals surface area contributed by atoms with Crippen molar-refractivity contribution in [2.24, 2.45) is 0 Å². The third-order valence-electron chi connectivity index (χ3n) is 3.49. The molecule has 0 aromatic rings. The van der Waals surface area contributed by atoms with E-state index in [-0.39, 0.29) is 0 Å². The highest BCUT2D eigenvalue weighted by atomic mass is 15.2. The Labute approximate surface area is 101 Å². The number of nitrogens with zero attached hydrogens (tertiary/aromatic N) is 2. The van der Waals surface area contributed by atoms with Crippen molar-refractivity contribution in [1.29, 1.82) is 0 Å². The predicted molar refractivity (Wildman–Crippen MR) is 70.9 cm³/mol. The fraction of sp³-hybridized carbons (Fsp3) is 1.00. The van der Waals surface area contributed by atoms with E-state index >= 15 is 0 Å². The average Bonchev–Trinajstić information content (AvgIpc) is 2.11. The summed E-state index contributed by atoms with van der Waals surface area (Å²) in [4.78, 5) is 4.88. The Morgan fingerprint density at radius 2 is 1.75 bits per heavy atom. The van der Waals surface area contributed by atoms with Crippen LogP contribution < -0.4 is 5.32 Å². The van der Waals surface area contributed by atoms with Gasteiger partial charge in [-0.25, -0.2) is 0 Å². The van der Waals surface area contributed by atoms with E-state index < -0.39 is 0 Å². The molecule has 0 atom stereocenters. The highest BCUT2D eigenvalue weighted by Crippen LogP contribution is 2.25. The van der Waals surface area contributed by atoms with Gasteiger partial charge in [-0.15, -0.1) is 0 Å². The van der Waals surface area contributed by atoms with Crippen LogP contribution in [0.15, 0.2) is 0 Å². The van der Waals surface area contributed by atoms with Crippen LogP contribution in [-0.2, 0) is 0 Å². The summed E-state index contributed by atoms with van der Waals surface area (Å²) in [5.74, 6) is 0. The maximum absolute atomic E-state index is 3.52. The summed E-state index contributed by atoms with van der Waals surface area (Å²) in [7, 11) is 4.24. The molecule has 3 heteroatoms. The van der Waals surface area contributed by atoms with Gasteiger partial charge in [-0.05, 0) is 40.8 Å². The van der Waals surface area contributed by atoms with Crippen LogP contribution in [-0.4, -0.2) is 62.2 Å². The van der Waals surface area contributed by atoms with Gasteiger partial charge >= 0.3 is 0 Å². The van der Waals surface area contributed by atoms with E-state index in [1.807, 2.05) is 0 Å². The van der Waals surface area contributed by atoms with Crippen molar-refractivity contribution in [2.75, 3.05) is 40.3 Å². The molecule has 1 fully saturated rings. The van der Waals surface area contributed by atoms with Crippen LogP contribution in [0.5, 0.6) is 0 Å². The zero-order valence-corrected chi connectivity index (χ0v) is 11.5. The van der Waals surface area contributed by atoms with Gasteiger partial charge in [0.25, 0.3) is 0 Å². The lowest BCUT2D eigenvalue weighted by molar-refractivity contribution is 0.0954. The maximum atomic E-state index is 3.52. The first-order chi connectivity index (χ1) is 7.61. The van der Waals surface area contributed by atoms with E-state index in [1.165, 1.54) is 25.8 Å². The van der Waals surface area contributed by atoms with E-state index in [2.05, 4.69) is 43.1 Å². The molecular formula is C13H29N3. The van der Waals surface area contributed by atoms with Gasteiger partial charge in [0, 0.05) is 38.3 Å². The molecule has 1 aliphatic carbocycles. The number of likely N-dealkylation sites (N-methyl/N-ethyl adjacent to an activating group) is 1. The summed E-state index contributed by atoms with van der Waals surface area (Å²) >= 11 is 0. The van der Waals surface area contributed by atoms with Crippen LogP contribution in [0.25, 0.3) is 0 Å². The summed E-state index contributed by atoms with van der Waals surface area (Å²) in [5.41, 5.74) is 0. The number of hydrogen-bond donors (Lipinski definition) is 1. The highest BCUT2D eigenvalue weighted by molar-refractivity contribution is 4.82. The molecule has 0 aromatic heterocycles. The number of nitrogens with one attached hydrogen (secondary N) is 1. The van der Waals surface area contributed by atoms with E-state index in [4.69, 9.17) is 0 Å². The molecule has 1 N–H and O–H groups in total. The van der Waals surface area contributed by atoms with Gasteiger partial charge in [-0.3, -0.25) is 4.90 Å². The summed E-state index contributed by atoms with van der Waals surface area (Å²) in [5, 5.41) is 3.52. The van der Waals surface area contributed by atoms with Gasteiger partial charge in [-0.1, -0.05) is 6.42 Å². The SMILES string of the molecule is CC(C)N(CCNCCN(C)C)C1CCC1. The summed E-state index contributed by atoms with van der Waals surface area (Å²) in [6.07, 6.45) is 4.26. The second kappa shape index (κ2) is 7.25. The van der Waals surface area contributed by atoms with Gasteiger partial charge < -0.3 is 10.2 Å². The minimum atomic E-state index is 0.695. The summed E-state index contributed by atoms with van der Waals surface area (Å²) < 4.78 is 0. The average molecular weight is 227 g/mol. The Hall–Kier alpha value is -0.120. The summed E-state index contributed by atoms with van der Waals surface area (Å²) in [6.45, 7) is 9.20. The van der Waals surface area contributed by atoms with Crippen molar-refractivity contribution in [2.45, 2.75) is 45.2 Å². The lowest BCUT2D eigenvalue weighted by Crippen LogP contribution is -2.47. The first-order valence-electron chi connectivity index (χ1n) is 6.72. The Bertz CT molecular complexity index is 176. The fourth-order valence-electron chi connectivity index (χ4n) is 2.22. The quantitative estimate of drug-likeness (QED) is 0.632. The first-order valence-corrected chi connectivity index (χ1v) is 6.72. The second-order valence-corrected chi connectivity index (χ2v) is 5.47. The van der Waals surface area contributed by atoms with Crippen LogP contribution in [0.1, 0.15) is 33.1 Å². The largest absolute Gasteiger partial charge is 0.314 e. The highest BCUT2D eigenvalue weighted by Gasteiger charge is 2.25. The minimum Gasteiger partial charge on any atom is -0.314 e. The van der Waals surface area contributed by atoms with Gasteiger partial charge in [-0.2, -0.15) is 0 Å². The molecule has 0 aliphatic heterocycles. The molecule has 0 unspecified atom stereocenters. The molecule has 0 saturated heterocycles. The molecule has 0 heterocycles. The molecule has 96 valence electrons. The van der Waals surface area contributed by atoms with E-state index in [0.29, 0.717) is 6.04 Å². The molecule has 0 aromatic carbocycles. The molecule has 0 bridgehead atoms. The third-order valence-corrected chi connectivity index (χ3v) is 3.49. The molecule has 0 radical (unpaired) electrons. The standard InChI is InChI=1S/C13H29N3/c1-12(2)16(13-6-5-7-13)11-9-14-8-10-15(3)4/h12-14H,5-11H2,1-4H3. The molecule has 1 saturated carbocycles. The Balaban J connectivity index is 2.08. The molecule has 1 rings (SSSR count). The van der Waals surface area contributed by atoms with Crippen molar-refractivity contribution in [3.63, 3.8) is 0 Å². The molecule has 0 amide bonds. The zero-order valence-electron chi connectivity index (χ0n) is 11.5. The topological polar surface area (TPSA) is 18.5 Å². The van der Waals surface area contributed by atoms with Crippen molar-refractivity contribution >= 4 is 0 Å². The lowest BCUT2D eigenvalue weighted by atomic mass is 9.90. The van der Waals surface area contributed by atoms with Gasteiger partial charge in [0.1, 0.15) is 0 Å². The Morgan fingerprint density at radius 3 is 2.19 bits per heavy atom. The van der Waals surface area contributed by atoms with Gasteiger partial charge in [0.2, 0.25) is 0 Å². The van der Waals surface area contributed by atoms with E-state index in [0.717, 1.165) is 25.7 Å². The van der Waals surface area contributed by atoms with Crippen molar-refractivity contribution in [1.82, 2.24) is 15.1 Å². The monoisotopic (exact) mass is 227 g/mol. The van der Waals surface area contributed by atoms with E-state index in [1.54, 1.807) is 0 Å². The minimum absolute atomic E-state index is 0.695. The molecule has 16 heavy (non-hydrogen) atoms. The fourth-order valence-corrected chi connectivity index (χ4v) is 2.22. The van der Waals surface area contributed by atoms with E-state index in [9.17, 15) is 0 Å². The predicted octanol–water partition coefficient (Wildman–Crippen LogP) is 1.40. The van der Waals surface area contributed by atoms with Gasteiger partial charge in [0.15, 0.2) is 0 Å². The van der Waals surface area contributed by atoms with Crippen LogP contribution in [0.3, 0.4) is 0 Å². The van der Waals surface area contributed by atoms with Crippen molar-refractivity contribution < 1.29 is 0 Å². The Kier molecular flexibility index (Phi) is 6.32. The molecular weight excluding hydrogens is 198 g/mol. The second-order valence-electron chi connectivity index (χ2n) is 5.47. The third kappa shape index (κ3) is 4.81. The zero-order chi connectivity index (χ0) is 12.0. The number of hydrogen-bond acceptors (Lipinski definition) is 3. The molecule has 1 aliphatic rings. The van der Waals surface area contributed by atoms with Crippen LogP contribution in [0.2, 0.25) is 0 Å².